The Morgan fingerprint density at radius 2 is 2.19 bits per heavy atom. The van der Waals surface area contributed by atoms with E-state index in [1.165, 1.54) is 0 Å². The first-order valence-corrected chi connectivity index (χ1v) is 6.60. The van der Waals surface area contributed by atoms with Crippen molar-refractivity contribution in [2.75, 3.05) is 11.9 Å². The first-order chi connectivity index (χ1) is 10.1. The highest BCUT2D eigenvalue weighted by Gasteiger charge is 2.11. The van der Waals surface area contributed by atoms with E-state index in [4.69, 9.17) is 4.52 Å². The molecule has 3 aromatic rings. The van der Waals surface area contributed by atoms with Crippen molar-refractivity contribution < 1.29 is 4.52 Å². The van der Waals surface area contributed by atoms with E-state index >= 15 is 0 Å². The van der Waals surface area contributed by atoms with Gasteiger partial charge in [-0.05, 0) is 26.0 Å². The Labute approximate surface area is 122 Å². The van der Waals surface area contributed by atoms with Crippen molar-refractivity contribution in [2.24, 2.45) is 0 Å². The molecule has 0 saturated heterocycles. The third-order valence-electron chi connectivity index (χ3n) is 3.25. The largest absolute Gasteiger partial charge is 0.355 e. The Hall–Kier alpha value is -2.70. The molecule has 3 aromatic heterocycles. The summed E-state index contributed by atoms with van der Waals surface area (Å²) in [4.78, 5) is 10.7. The summed E-state index contributed by atoms with van der Waals surface area (Å²) in [6.07, 6.45) is 3.57. The molecule has 0 amide bonds. The van der Waals surface area contributed by atoms with Crippen LogP contribution in [0.4, 0.5) is 5.82 Å². The van der Waals surface area contributed by atoms with Crippen LogP contribution in [0.25, 0.3) is 11.5 Å². The lowest BCUT2D eigenvalue weighted by atomic mass is 10.2. The summed E-state index contributed by atoms with van der Waals surface area (Å²) in [5.74, 6) is 1.96. The topological polar surface area (TPSA) is 83.7 Å². The average Bonchev–Trinajstić information content (AvgIpc) is 3.08. The molecule has 0 spiro atoms. The Bertz CT molecular complexity index is 747. The van der Waals surface area contributed by atoms with Gasteiger partial charge in [0.1, 0.15) is 5.82 Å². The van der Waals surface area contributed by atoms with E-state index in [2.05, 4.69) is 25.3 Å². The smallest absolute Gasteiger partial charge is 0.258 e. The van der Waals surface area contributed by atoms with E-state index in [0.29, 0.717) is 11.7 Å². The molecule has 0 aromatic carbocycles. The van der Waals surface area contributed by atoms with Crippen LogP contribution in [0.2, 0.25) is 0 Å². The van der Waals surface area contributed by atoms with Gasteiger partial charge in [-0.1, -0.05) is 5.16 Å². The van der Waals surface area contributed by atoms with Gasteiger partial charge >= 0.3 is 0 Å². The zero-order chi connectivity index (χ0) is 14.8. The molecule has 0 atom stereocenters. The van der Waals surface area contributed by atoms with Crippen molar-refractivity contribution in [3.63, 3.8) is 0 Å². The molecule has 1 N–H and O–H groups in total. The van der Waals surface area contributed by atoms with Crippen LogP contribution in [-0.2, 0) is 6.54 Å². The van der Waals surface area contributed by atoms with Crippen molar-refractivity contribution >= 4 is 5.82 Å². The number of hydrogen-bond acceptors (Lipinski definition) is 6. The lowest BCUT2D eigenvalue weighted by Crippen LogP contribution is -2.17. The number of nitrogens with zero attached hydrogens (tertiary/aromatic N) is 5. The van der Waals surface area contributed by atoms with Crippen LogP contribution >= 0.6 is 0 Å². The van der Waals surface area contributed by atoms with Gasteiger partial charge in [0.05, 0.1) is 6.20 Å². The van der Waals surface area contributed by atoms with E-state index < -0.39 is 0 Å². The van der Waals surface area contributed by atoms with Crippen LogP contribution in [-0.4, -0.2) is 32.4 Å². The Morgan fingerprint density at radius 3 is 2.86 bits per heavy atom. The molecule has 3 rings (SSSR count). The molecule has 0 aliphatic heterocycles. The normalized spacial score (nSPS) is 10.8. The highest BCUT2D eigenvalue weighted by atomic mass is 16.5. The lowest BCUT2D eigenvalue weighted by molar-refractivity contribution is 0.425. The van der Waals surface area contributed by atoms with E-state index in [9.17, 15) is 0 Å². The molecule has 7 heteroatoms. The van der Waals surface area contributed by atoms with Gasteiger partial charge in [-0.2, -0.15) is 10.1 Å². The highest BCUT2D eigenvalue weighted by molar-refractivity contribution is 5.58. The number of hydrogen-bond donors (Lipinski definition) is 1. The maximum atomic E-state index is 5.19. The van der Waals surface area contributed by atoms with Gasteiger partial charge < -0.3 is 9.42 Å². The van der Waals surface area contributed by atoms with Crippen molar-refractivity contribution in [2.45, 2.75) is 20.4 Å². The second-order valence-corrected chi connectivity index (χ2v) is 4.93. The van der Waals surface area contributed by atoms with E-state index in [-0.39, 0.29) is 0 Å². The average molecular weight is 284 g/mol. The summed E-state index contributed by atoms with van der Waals surface area (Å²) in [7, 11) is 1.98. The van der Waals surface area contributed by atoms with Crippen LogP contribution in [0.1, 0.15) is 17.1 Å². The number of aromatic amines is 1. The Balaban J connectivity index is 1.84. The van der Waals surface area contributed by atoms with Crippen LogP contribution in [0.15, 0.2) is 29.0 Å². The van der Waals surface area contributed by atoms with E-state index in [1.807, 2.05) is 37.2 Å². The monoisotopic (exact) mass is 284 g/mol. The summed E-state index contributed by atoms with van der Waals surface area (Å²) in [5.41, 5.74) is 3.06. The molecule has 0 bridgehead atoms. The summed E-state index contributed by atoms with van der Waals surface area (Å²) < 4.78 is 5.19. The minimum absolute atomic E-state index is 0.504. The maximum absolute atomic E-state index is 5.19. The van der Waals surface area contributed by atoms with Gasteiger partial charge in [0.25, 0.3) is 5.89 Å². The van der Waals surface area contributed by atoms with Gasteiger partial charge in [-0.15, -0.1) is 0 Å². The van der Waals surface area contributed by atoms with Gasteiger partial charge in [0, 0.05) is 36.6 Å². The predicted octanol–water partition coefficient (Wildman–Crippen LogP) is 2.11. The molecule has 108 valence electrons. The molecule has 0 aliphatic rings. The van der Waals surface area contributed by atoms with E-state index in [0.717, 1.165) is 29.2 Å². The lowest BCUT2D eigenvalue weighted by Gasteiger charge is -2.17. The van der Waals surface area contributed by atoms with Crippen LogP contribution in [0, 0.1) is 13.8 Å². The standard InChI is InChI=1S/C14H16N6O/c1-9-12(7-16-18-9)8-20(3)13-6-11(4-5-15-13)14-17-10(2)19-21-14/h4-7H,8H2,1-3H3,(H,16,18). The molecule has 0 fully saturated rings. The molecule has 7 nitrogen and oxygen atoms in total. The quantitative estimate of drug-likeness (QED) is 0.790. The third kappa shape index (κ3) is 2.76. The van der Waals surface area contributed by atoms with Crippen LogP contribution < -0.4 is 4.90 Å². The van der Waals surface area contributed by atoms with Crippen LogP contribution in [0.3, 0.4) is 0 Å². The number of H-pyrrole nitrogens is 1. The first kappa shape index (κ1) is 13.3. The molecule has 0 radical (unpaired) electrons. The number of aryl methyl sites for hydroxylation is 2. The number of anilines is 1. The summed E-state index contributed by atoms with van der Waals surface area (Å²) in [5, 5.41) is 10.8. The zero-order valence-corrected chi connectivity index (χ0v) is 12.2. The Kier molecular flexibility index (Phi) is 3.39. The number of pyridine rings is 1. The summed E-state index contributed by atoms with van der Waals surface area (Å²) in [6, 6.07) is 3.79. The molecular formula is C14H16N6O. The van der Waals surface area contributed by atoms with Crippen molar-refractivity contribution in [3.05, 3.63) is 41.6 Å². The summed E-state index contributed by atoms with van der Waals surface area (Å²) in [6.45, 7) is 4.52. The van der Waals surface area contributed by atoms with Crippen molar-refractivity contribution in [3.8, 4) is 11.5 Å². The highest BCUT2D eigenvalue weighted by Crippen LogP contribution is 2.22. The SMILES string of the molecule is Cc1noc(-c2ccnc(N(C)Cc3cn[nH]c3C)c2)n1. The van der Waals surface area contributed by atoms with Gasteiger partial charge in [0.2, 0.25) is 0 Å². The molecular weight excluding hydrogens is 268 g/mol. The zero-order valence-electron chi connectivity index (χ0n) is 12.2. The first-order valence-electron chi connectivity index (χ1n) is 6.60. The van der Waals surface area contributed by atoms with Gasteiger partial charge in [-0.3, -0.25) is 5.10 Å². The van der Waals surface area contributed by atoms with Crippen molar-refractivity contribution in [1.82, 2.24) is 25.3 Å². The van der Waals surface area contributed by atoms with Gasteiger partial charge in [0.15, 0.2) is 5.82 Å². The van der Waals surface area contributed by atoms with E-state index in [1.54, 1.807) is 13.1 Å². The van der Waals surface area contributed by atoms with Gasteiger partial charge in [-0.25, -0.2) is 4.98 Å². The molecule has 0 unspecified atom stereocenters. The number of nitrogens with one attached hydrogen (secondary N) is 1. The fourth-order valence-electron chi connectivity index (χ4n) is 2.05. The fraction of sp³-hybridized carbons (Fsp3) is 0.286. The number of rotatable bonds is 4. The Morgan fingerprint density at radius 1 is 1.33 bits per heavy atom. The molecule has 3 heterocycles. The molecule has 21 heavy (non-hydrogen) atoms. The predicted molar refractivity (Wildman–Crippen MR) is 77.7 cm³/mol. The third-order valence-corrected chi connectivity index (χ3v) is 3.25. The van der Waals surface area contributed by atoms with Crippen molar-refractivity contribution in [1.29, 1.82) is 0 Å². The number of aromatic nitrogens is 5. The molecule has 0 saturated carbocycles. The maximum Gasteiger partial charge on any atom is 0.258 e. The minimum atomic E-state index is 0.504. The fourth-order valence-corrected chi connectivity index (χ4v) is 2.05. The minimum Gasteiger partial charge on any atom is -0.355 e. The van der Waals surface area contributed by atoms with Crippen LogP contribution in [0.5, 0.6) is 0 Å². The second-order valence-electron chi connectivity index (χ2n) is 4.93. The summed E-state index contributed by atoms with van der Waals surface area (Å²) >= 11 is 0. The second kappa shape index (κ2) is 5.35. The molecule has 0 aliphatic carbocycles.